The zero-order valence-corrected chi connectivity index (χ0v) is 16.6. The number of hydrogen-bond acceptors (Lipinski definition) is 7. The van der Waals surface area contributed by atoms with Crippen LogP contribution in [0.25, 0.3) is 28.1 Å². The third-order valence-electron chi connectivity index (χ3n) is 3.94. The molecule has 4 rings (SSSR count). The number of benzene rings is 2. The number of phenols is 1. The summed E-state index contributed by atoms with van der Waals surface area (Å²) in [6.45, 7) is 5.02. The van der Waals surface area contributed by atoms with E-state index in [4.69, 9.17) is 9.47 Å². The molecule has 0 fully saturated rings. The van der Waals surface area contributed by atoms with Crippen LogP contribution in [0.3, 0.4) is 0 Å². The van der Waals surface area contributed by atoms with Gasteiger partial charge in [0.15, 0.2) is 11.5 Å². The van der Waals surface area contributed by atoms with E-state index < -0.39 is 0 Å². The zero-order chi connectivity index (χ0) is 20.6. The second kappa shape index (κ2) is 9.61. The lowest BCUT2D eigenvalue weighted by molar-refractivity contribution is 0.146. The molecule has 29 heavy (non-hydrogen) atoms. The number of hydrogen-bond donors (Lipinski definition) is 1. The second-order valence-electron chi connectivity index (χ2n) is 5.82. The number of nitrogens with zero attached hydrogens (tertiary/aromatic N) is 5. The Balaban J connectivity index is 0.00000117. The van der Waals surface area contributed by atoms with Crippen LogP contribution in [0.4, 0.5) is 0 Å². The molecule has 0 bridgehead atoms. The molecule has 150 valence electrons. The van der Waals surface area contributed by atoms with Crippen molar-refractivity contribution in [3.05, 3.63) is 54.9 Å². The largest absolute Gasteiger partial charge is 0.508 e. The third-order valence-corrected chi connectivity index (χ3v) is 3.94. The Morgan fingerprint density at radius 1 is 1.03 bits per heavy atom. The molecule has 2 aromatic heterocycles. The Bertz CT molecular complexity index is 1060. The van der Waals surface area contributed by atoms with Gasteiger partial charge in [0.25, 0.3) is 0 Å². The van der Waals surface area contributed by atoms with Gasteiger partial charge in [-0.25, -0.2) is 14.6 Å². The van der Waals surface area contributed by atoms with Crippen LogP contribution in [-0.2, 0) is 4.74 Å². The minimum atomic E-state index is 0.197. The Labute approximate surface area is 168 Å². The Morgan fingerprint density at radius 2 is 1.83 bits per heavy atom. The van der Waals surface area contributed by atoms with Gasteiger partial charge in [0.1, 0.15) is 18.1 Å². The maximum absolute atomic E-state index is 9.39. The highest BCUT2D eigenvalue weighted by molar-refractivity contribution is 5.80. The van der Waals surface area contributed by atoms with Crippen LogP contribution in [0.1, 0.15) is 13.8 Å². The number of aromatic hydroxyl groups is 1. The van der Waals surface area contributed by atoms with Crippen molar-refractivity contribution in [2.75, 3.05) is 20.3 Å². The molecule has 0 amide bonds. The normalized spacial score (nSPS) is 10.4. The van der Waals surface area contributed by atoms with Crippen molar-refractivity contribution in [2.45, 2.75) is 13.8 Å². The van der Waals surface area contributed by atoms with Gasteiger partial charge in [-0.1, -0.05) is 19.1 Å². The second-order valence-corrected chi connectivity index (χ2v) is 5.82. The summed E-state index contributed by atoms with van der Waals surface area (Å²) in [4.78, 5) is 8.95. The maximum atomic E-state index is 9.39. The van der Waals surface area contributed by atoms with Crippen LogP contribution in [-0.4, -0.2) is 50.4 Å². The van der Waals surface area contributed by atoms with Crippen LogP contribution in [0, 0.1) is 0 Å². The topological polar surface area (TPSA) is 95.2 Å². The van der Waals surface area contributed by atoms with E-state index in [0.29, 0.717) is 24.7 Å². The van der Waals surface area contributed by atoms with Gasteiger partial charge < -0.3 is 14.6 Å². The highest BCUT2D eigenvalue weighted by Gasteiger charge is 2.10. The fourth-order valence-electron chi connectivity index (χ4n) is 2.57. The van der Waals surface area contributed by atoms with E-state index in [1.54, 1.807) is 48.5 Å². The minimum Gasteiger partial charge on any atom is -0.508 e. The van der Waals surface area contributed by atoms with Gasteiger partial charge in [-0.2, -0.15) is 0 Å². The molecule has 2 aromatic carbocycles. The summed E-state index contributed by atoms with van der Waals surface area (Å²) >= 11 is 0. The van der Waals surface area contributed by atoms with Crippen LogP contribution in [0.5, 0.6) is 11.5 Å². The van der Waals surface area contributed by atoms with Gasteiger partial charge in [-0.05, 0) is 42.5 Å². The molecule has 0 aliphatic heterocycles. The average Bonchev–Trinajstić information content (AvgIpc) is 3.26. The van der Waals surface area contributed by atoms with Gasteiger partial charge in [0.2, 0.25) is 0 Å². The number of rotatable bonds is 6. The van der Waals surface area contributed by atoms with Gasteiger partial charge in [0, 0.05) is 18.7 Å². The molecule has 0 saturated heterocycles. The lowest BCUT2D eigenvalue weighted by atomic mass is 10.2. The smallest absolute Gasteiger partial charge is 0.182 e. The SMILES string of the molecule is CC.COCCOc1ccc2nc(-c3cn(-c4ccc(O)cc4)nn3)ncc2c1. The molecule has 4 aromatic rings. The highest BCUT2D eigenvalue weighted by Crippen LogP contribution is 2.22. The summed E-state index contributed by atoms with van der Waals surface area (Å²) < 4.78 is 12.2. The van der Waals surface area contributed by atoms with Gasteiger partial charge >= 0.3 is 0 Å². The van der Waals surface area contributed by atoms with Crippen molar-refractivity contribution < 1.29 is 14.6 Å². The van der Waals surface area contributed by atoms with E-state index in [1.165, 1.54) is 0 Å². The first-order valence-corrected chi connectivity index (χ1v) is 9.33. The summed E-state index contributed by atoms with van der Waals surface area (Å²) in [6, 6.07) is 12.3. The van der Waals surface area contributed by atoms with Gasteiger partial charge in [-0.15, -0.1) is 5.10 Å². The molecule has 8 nitrogen and oxygen atoms in total. The van der Waals surface area contributed by atoms with Crippen LogP contribution in [0.15, 0.2) is 54.9 Å². The summed E-state index contributed by atoms with van der Waals surface area (Å²) in [5.41, 5.74) is 2.13. The van der Waals surface area contributed by atoms with E-state index in [1.807, 2.05) is 32.0 Å². The van der Waals surface area contributed by atoms with Crippen molar-refractivity contribution >= 4 is 10.9 Å². The molecular weight excluding hydrogens is 370 g/mol. The number of phenolic OH excluding ortho intramolecular Hbond substituents is 1. The molecule has 0 atom stereocenters. The highest BCUT2D eigenvalue weighted by atomic mass is 16.5. The van der Waals surface area contributed by atoms with Crippen molar-refractivity contribution in [2.24, 2.45) is 0 Å². The summed E-state index contributed by atoms with van der Waals surface area (Å²) in [5.74, 6) is 1.43. The number of methoxy groups -OCH3 is 1. The quantitative estimate of drug-likeness (QED) is 0.500. The van der Waals surface area contributed by atoms with E-state index >= 15 is 0 Å². The Kier molecular flexibility index (Phi) is 6.70. The summed E-state index contributed by atoms with van der Waals surface area (Å²) in [7, 11) is 1.64. The lowest BCUT2D eigenvalue weighted by Crippen LogP contribution is -2.04. The molecule has 0 saturated carbocycles. The summed E-state index contributed by atoms with van der Waals surface area (Å²) in [5, 5.41) is 18.5. The van der Waals surface area contributed by atoms with E-state index in [0.717, 1.165) is 22.3 Å². The zero-order valence-electron chi connectivity index (χ0n) is 16.6. The van der Waals surface area contributed by atoms with Crippen molar-refractivity contribution in [3.63, 3.8) is 0 Å². The predicted molar refractivity (Wildman–Crippen MR) is 110 cm³/mol. The first kappa shape index (κ1) is 20.2. The molecule has 0 aliphatic rings. The predicted octanol–water partition coefficient (Wildman–Crippen LogP) is 3.63. The molecule has 0 spiro atoms. The summed E-state index contributed by atoms with van der Waals surface area (Å²) in [6.07, 6.45) is 3.48. The van der Waals surface area contributed by atoms with Gasteiger partial charge in [0.05, 0.1) is 24.0 Å². The van der Waals surface area contributed by atoms with Crippen molar-refractivity contribution in [3.8, 4) is 28.7 Å². The number of ether oxygens (including phenoxy) is 2. The average molecular weight is 393 g/mol. The van der Waals surface area contributed by atoms with Crippen molar-refractivity contribution in [1.29, 1.82) is 0 Å². The minimum absolute atomic E-state index is 0.197. The Hall–Kier alpha value is -3.52. The number of aromatic nitrogens is 5. The van der Waals surface area contributed by atoms with Crippen LogP contribution < -0.4 is 4.74 Å². The molecule has 0 radical (unpaired) electrons. The van der Waals surface area contributed by atoms with Crippen molar-refractivity contribution in [1.82, 2.24) is 25.0 Å². The lowest BCUT2D eigenvalue weighted by Gasteiger charge is -2.06. The van der Waals surface area contributed by atoms with E-state index in [9.17, 15) is 5.11 Å². The fourth-order valence-corrected chi connectivity index (χ4v) is 2.57. The fraction of sp³-hybridized carbons (Fsp3) is 0.238. The molecule has 1 N–H and O–H groups in total. The molecule has 0 unspecified atom stereocenters. The molecule has 2 heterocycles. The van der Waals surface area contributed by atoms with Crippen LogP contribution in [0.2, 0.25) is 0 Å². The first-order valence-electron chi connectivity index (χ1n) is 9.33. The van der Waals surface area contributed by atoms with Crippen LogP contribution >= 0.6 is 0 Å². The van der Waals surface area contributed by atoms with Gasteiger partial charge in [-0.3, -0.25) is 0 Å². The molecule has 8 heteroatoms. The first-order chi connectivity index (χ1) is 14.2. The number of fused-ring (bicyclic) bond motifs is 1. The molecule has 0 aliphatic carbocycles. The maximum Gasteiger partial charge on any atom is 0.182 e. The molecular formula is C21H23N5O3. The van der Waals surface area contributed by atoms with E-state index in [2.05, 4.69) is 20.3 Å². The van der Waals surface area contributed by atoms with E-state index in [-0.39, 0.29) is 5.75 Å². The Morgan fingerprint density at radius 3 is 2.59 bits per heavy atom. The monoisotopic (exact) mass is 393 g/mol. The standard InChI is InChI=1S/C19H17N5O3.C2H6/c1-26-8-9-27-16-6-7-17-13(10-16)11-20-19(21-17)18-12-24(23-22-18)14-2-4-15(25)5-3-14;1-2/h2-7,10-12,25H,8-9H2,1H3;1-2H3. The third kappa shape index (κ3) is 4.85.